The first kappa shape index (κ1) is 6.52. The molecule has 0 saturated heterocycles. The van der Waals surface area contributed by atoms with Crippen LogP contribution in [0.1, 0.15) is 6.92 Å². The highest BCUT2D eigenvalue weighted by atomic mass is 16.3. The molecule has 1 aliphatic carbocycles. The number of rotatable bonds is 0. The van der Waals surface area contributed by atoms with Crippen molar-refractivity contribution < 1.29 is 10.2 Å². The summed E-state index contributed by atoms with van der Waals surface area (Å²) in [7, 11) is 0. The Morgan fingerprint density at radius 1 is 1.33 bits per heavy atom. The molecule has 9 heavy (non-hydrogen) atoms. The summed E-state index contributed by atoms with van der Waals surface area (Å²) in [6.07, 6.45) is 3.78. The van der Waals surface area contributed by atoms with Crippen LogP contribution in [0.5, 0.6) is 0 Å². The Hall–Kier alpha value is -0.600. The zero-order chi connectivity index (χ0) is 6.85. The van der Waals surface area contributed by atoms with Crippen molar-refractivity contribution in [1.82, 2.24) is 0 Å². The van der Waals surface area contributed by atoms with Crippen molar-refractivity contribution in [2.24, 2.45) is 0 Å². The second-order valence-electron chi connectivity index (χ2n) is 2.23. The van der Waals surface area contributed by atoms with Gasteiger partial charge in [-0.05, 0) is 12.5 Å². The van der Waals surface area contributed by atoms with Crippen molar-refractivity contribution in [1.29, 1.82) is 0 Å². The molecule has 0 amide bonds. The van der Waals surface area contributed by atoms with Crippen molar-refractivity contribution in [3.8, 4) is 0 Å². The molecule has 0 aromatic rings. The van der Waals surface area contributed by atoms with Crippen LogP contribution in [0.2, 0.25) is 0 Å². The predicted molar refractivity (Wildman–Crippen MR) is 34.9 cm³/mol. The van der Waals surface area contributed by atoms with Crippen LogP contribution in [0.15, 0.2) is 23.8 Å². The molecule has 2 unspecified atom stereocenters. The van der Waals surface area contributed by atoms with Gasteiger partial charge in [0, 0.05) is 0 Å². The van der Waals surface area contributed by atoms with Crippen LogP contribution in [0, 0.1) is 0 Å². The molecule has 0 aliphatic heterocycles. The molecule has 0 radical (unpaired) electrons. The third kappa shape index (κ3) is 1.40. The van der Waals surface area contributed by atoms with Gasteiger partial charge in [-0.25, -0.2) is 0 Å². The molecular formula is C7H10O2. The Balaban J connectivity index is 2.70. The fourth-order valence-electron chi connectivity index (χ4n) is 0.794. The summed E-state index contributed by atoms with van der Waals surface area (Å²) < 4.78 is 0. The van der Waals surface area contributed by atoms with E-state index in [0.29, 0.717) is 0 Å². The molecule has 50 valence electrons. The van der Waals surface area contributed by atoms with Crippen LogP contribution in [-0.2, 0) is 0 Å². The summed E-state index contributed by atoms with van der Waals surface area (Å²) in [6.45, 7) is 1.79. The second kappa shape index (κ2) is 2.33. The lowest BCUT2D eigenvalue weighted by Crippen LogP contribution is -2.13. The largest absolute Gasteiger partial charge is 0.385 e. The maximum atomic E-state index is 9.03. The van der Waals surface area contributed by atoms with E-state index in [0.717, 1.165) is 5.57 Å². The Morgan fingerprint density at radius 2 is 2.00 bits per heavy atom. The van der Waals surface area contributed by atoms with Crippen LogP contribution in [0.3, 0.4) is 0 Å². The molecule has 2 N–H and O–H groups in total. The Morgan fingerprint density at radius 3 is 2.44 bits per heavy atom. The first-order chi connectivity index (χ1) is 4.20. The number of hydrogen-bond acceptors (Lipinski definition) is 2. The highest BCUT2D eigenvalue weighted by Crippen LogP contribution is 2.10. The summed E-state index contributed by atoms with van der Waals surface area (Å²) in [6, 6.07) is 0. The smallest absolute Gasteiger partial charge is 0.0931 e. The number of aliphatic hydroxyl groups is 2. The maximum Gasteiger partial charge on any atom is 0.0931 e. The van der Waals surface area contributed by atoms with E-state index in [-0.39, 0.29) is 0 Å². The normalized spacial score (nSPS) is 34.3. The van der Waals surface area contributed by atoms with Gasteiger partial charge in [0.2, 0.25) is 0 Å². The SMILES string of the molecule is CC1=CC(O)C=CC1O. The molecule has 2 heteroatoms. The van der Waals surface area contributed by atoms with Crippen LogP contribution in [0.25, 0.3) is 0 Å². The van der Waals surface area contributed by atoms with Gasteiger partial charge in [-0.3, -0.25) is 0 Å². The molecular weight excluding hydrogens is 116 g/mol. The van der Waals surface area contributed by atoms with Crippen molar-refractivity contribution in [3.63, 3.8) is 0 Å². The molecule has 2 nitrogen and oxygen atoms in total. The Kier molecular flexibility index (Phi) is 1.69. The first-order valence-corrected chi connectivity index (χ1v) is 2.93. The van der Waals surface area contributed by atoms with Gasteiger partial charge in [0.15, 0.2) is 0 Å². The second-order valence-corrected chi connectivity index (χ2v) is 2.23. The minimum Gasteiger partial charge on any atom is -0.385 e. The topological polar surface area (TPSA) is 40.5 Å². The van der Waals surface area contributed by atoms with Gasteiger partial charge in [-0.15, -0.1) is 0 Å². The fourth-order valence-corrected chi connectivity index (χ4v) is 0.794. The van der Waals surface area contributed by atoms with Crippen LogP contribution < -0.4 is 0 Å². The molecule has 1 rings (SSSR count). The average Bonchev–Trinajstić information content (AvgIpc) is 1.80. The molecule has 0 fully saturated rings. The third-order valence-corrected chi connectivity index (χ3v) is 1.39. The summed E-state index contributed by atoms with van der Waals surface area (Å²) in [4.78, 5) is 0. The van der Waals surface area contributed by atoms with E-state index in [1.807, 2.05) is 0 Å². The Bertz CT molecular complexity index is 158. The highest BCUT2D eigenvalue weighted by molar-refractivity contribution is 5.22. The lowest BCUT2D eigenvalue weighted by Gasteiger charge is -2.12. The standard InChI is InChI=1S/C7H10O2/c1-5-4-6(8)2-3-7(5)9/h2-4,6-9H,1H3. The molecule has 2 atom stereocenters. The average molecular weight is 126 g/mol. The molecule has 0 heterocycles. The summed E-state index contributed by atoms with van der Waals surface area (Å²) in [5.74, 6) is 0. The summed E-state index contributed by atoms with van der Waals surface area (Å²) in [5, 5.41) is 18.0. The summed E-state index contributed by atoms with van der Waals surface area (Å²) in [5.41, 5.74) is 0.810. The van der Waals surface area contributed by atoms with E-state index in [4.69, 9.17) is 10.2 Å². The monoisotopic (exact) mass is 126 g/mol. The third-order valence-electron chi connectivity index (χ3n) is 1.39. The minimum atomic E-state index is -0.506. The summed E-state index contributed by atoms with van der Waals surface area (Å²) >= 11 is 0. The number of aliphatic hydroxyl groups excluding tert-OH is 2. The molecule has 0 aromatic heterocycles. The van der Waals surface area contributed by atoms with E-state index in [1.54, 1.807) is 25.2 Å². The highest BCUT2D eigenvalue weighted by Gasteiger charge is 2.08. The van der Waals surface area contributed by atoms with E-state index in [2.05, 4.69) is 0 Å². The maximum absolute atomic E-state index is 9.03. The lowest BCUT2D eigenvalue weighted by atomic mass is 10.0. The van der Waals surface area contributed by atoms with Crippen LogP contribution >= 0.6 is 0 Å². The molecule has 0 aromatic carbocycles. The van der Waals surface area contributed by atoms with Gasteiger partial charge >= 0.3 is 0 Å². The van der Waals surface area contributed by atoms with E-state index in [1.165, 1.54) is 0 Å². The van der Waals surface area contributed by atoms with Crippen molar-refractivity contribution in [3.05, 3.63) is 23.8 Å². The van der Waals surface area contributed by atoms with Crippen molar-refractivity contribution >= 4 is 0 Å². The van der Waals surface area contributed by atoms with Crippen molar-refractivity contribution in [2.45, 2.75) is 19.1 Å². The number of hydrogen-bond donors (Lipinski definition) is 2. The predicted octanol–water partition coefficient (Wildman–Crippen LogP) is 0.224. The van der Waals surface area contributed by atoms with Gasteiger partial charge in [0.1, 0.15) is 0 Å². The van der Waals surface area contributed by atoms with Crippen molar-refractivity contribution in [2.75, 3.05) is 0 Å². The molecule has 0 spiro atoms. The van der Waals surface area contributed by atoms with Gasteiger partial charge in [-0.1, -0.05) is 18.2 Å². The molecule has 1 aliphatic rings. The van der Waals surface area contributed by atoms with Gasteiger partial charge in [0.05, 0.1) is 12.2 Å². The quantitative estimate of drug-likeness (QED) is 0.456. The Labute approximate surface area is 54.1 Å². The lowest BCUT2D eigenvalue weighted by molar-refractivity contribution is 0.230. The molecule has 0 bridgehead atoms. The van der Waals surface area contributed by atoms with Gasteiger partial charge in [-0.2, -0.15) is 0 Å². The zero-order valence-electron chi connectivity index (χ0n) is 5.28. The van der Waals surface area contributed by atoms with Crippen LogP contribution in [-0.4, -0.2) is 22.4 Å². The van der Waals surface area contributed by atoms with E-state index < -0.39 is 12.2 Å². The zero-order valence-corrected chi connectivity index (χ0v) is 5.28. The fraction of sp³-hybridized carbons (Fsp3) is 0.429. The van der Waals surface area contributed by atoms with Crippen LogP contribution in [0.4, 0.5) is 0 Å². The minimum absolute atomic E-state index is 0.492. The van der Waals surface area contributed by atoms with Gasteiger partial charge in [0.25, 0.3) is 0 Å². The van der Waals surface area contributed by atoms with E-state index in [9.17, 15) is 0 Å². The van der Waals surface area contributed by atoms with E-state index >= 15 is 0 Å². The molecule has 0 saturated carbocycles. The first-order valence-electron chi connectivity index (χ1n) is 2.93. The van der Waals surface area contributed by atoms with Gasteiger partial charge < -0.3 is 10.2 Å².